The Hall–Kier alpha value is -1.80. The Morgan fingerprint density at radius 3 is 2.10 bits per heavy atom. The number of aryl methyl sites for hydroxylation is 2. The minimum Gasteiger partial charge on any atom is -0.497 e. The van der Waals surface area contributed by atoms with Crippen LogP contribution in [0.2, 0.25) is 0 Å². The zero-order chi connectivity index (χ0) is 15.2. The molecule has 1 N–H and O–H groups in total. The molecule has 1 unspecified atom stereocenters. The smallest absolute Gasteiger partial charge is 0.118 e. The highest BCUT2D eigenvalue weighted by molar-refractivity contribution is 5.38. The fourth-order valence-corrected chi connectivity index (χ4v) is 2.69. The van der Waals surface area contributed by atoms with Gasteiger partial charge in [0, 0.05) is 0 Å². The maximum atomic E-state index is 5.25. The van der Waals surface area contributed by atoms with Crippen LogP contribution in [0.15, 0.2) is 42.5 Å². The molecule has 2 nitrogen and oxygen atoms in total. The first-order chi connectivity index (χ1) is 10.1. The fraction of sp³-hybridized carbons (Fsp3) is 0.368. The molecule has 0 heterocycles. The summed E-state index contributed by atoms with van der Waals surface area (Å²) in [7, 11) is 1.70. The van der Waals surface area contributed by atoms with Crippen molar-refractivity contribution in [2.75, 3.05) is 13.7 Å². The van der Waals surface area contributed by atoms with E-state index in [4.69, 9.17) is 4.74 Å². The zero-order valence-electron chi connectivity index (χ0n) is 13.4. The van der Waals surface area contributed by atoms with Gasteiger partial charge in [-0.15, -0.1) is 0 Å². The first-order valence-corrected chi connectivity index (χ1v) is 7.59. The van der Waals surface area contributed by atoms with Crippen molar-refractivity contribution in [3.05, 3.63) is 64.7 Å². The van der Waals surface area contributed by atoms with Crippen molar-refractivity contribution in [2.24, 2.45) is 0 Å². The van der Waals surface area contributed by atoms with Gasteiger partial charge < -0.3 is 10.1 Å². The van der Waals surface area contributed by atoms with E-state index in [1.165, 1.54) is 22.3 Å². The summed E-state index contributed by atoms with van der Waals surface area (Å²) in [6, 6.07) is 15.3. The second-order valence-corrected chi connectivity index (χ2v) is 5.58. The minimum absolute atomic E-state index is 0.231. The normalized spacial score (nSPS) is 12.2. The Morgan fingerprint density at radius 2 is 1.57 bits per heavy atom. The molecular formula is C19H25NO. The molecular weight excluding hydrogens is 258 g/mol. The molecule has 2 aromatic carbocycles. The van der Waals surface area contributed by atoms with E-state index in [-0.39, 0.29) is 6.04 Å². The summed E-state index contributed by atoms with van der Waals surface area (Å²) >= 11 is 0. The first-order valence-electron chi connectivity index (χ1n) is 7.59. The maximum Gasteiger partial charge on any atom is 0.118 e. The van der Waals surface area contributed by atoms with Gasteiger partial charge in [0.15, 0.2) is 0 Å². The van der Waals surface area contributed by atoms with Crippen LogP contribution < -0.4 is 10.1 Å². The lowest BCUT2D eigenvalue weighted by molar-refractivity contribution is 0.414. The van der Waals surface area contributed by atoms with Crippen molar-refractivity contribution in [1.29, 1.82) is 0 Å². The molecule has 2 heteroatoms. The molecule has 0 aliphatic heterocycles. The summed E-state index contributed by atoms with van der Waals surface area (Å²) in [6.07, 6.45) is 1.12. The molecule has 0 spiro atoms. The average molecular weight is 283 g/mol. The van der Waals surface area contributed by atoms with Gasteiger partial charge in [0.05, 0.1) is 13.2 Å². The van der Waals surface area contributed by atoms with Crippen molar-refractivity contribution >= 4 is 0 Å². The summed E-state index contributed by atoms with van der Waals surface area (Å²) < 4.78 is 5.25. The van der Waals surface area contributed by atoms with Crippen LogP contribution in [0.25, 0.3) is 0 Å². The number of benzene rings is 2. The molecule has 0 saturated heterocycles. The fourth-order valence-electron chi connectivity index (χ4n) is 2.69. The predicted octanol–water partition coefficient (Wildman–Crippen LogP) is 4.40. The molecule has 2 rings (SSSR count). The van der Waals surface area contributed by atoms with E-state index in [0.717, 1.165) is 18.7 Å². The van der Waals surface area contributed by atoms with Gasteiger partial charge in [0.25, 0.3) is 0 Å². The van der Waals surface area contributed by atoms with Gasteiger partial charge in [0.1, 0.15) is 5.75 Å². The van der Waals surface area contributed by atoms with Crippen molar-refractivity contribution in [2.45, 2.75) is 33.2 Å². The van der Waals surface area contributed by atoms with Gasteiger partial charge in [-0.05, 0) is 50.1 Å². The standard InChI is InChI=1S/C19H25NO/c1-5-10-20-19(16-6-8-18(21-4)9-7-16)17-12-14(2)11-15(3)13-17/h6-9,11-13,19-20H,5,10H2,1-4H3. The average Bonchev–Trinajstić information content (AvgIpc) is 2.47. The van der Waals surface area contributed by atoms with Crippen LogP contribution in [0.3, 0.4) is 0 Å². The lowest BCUT2D eigenvalue weighted by Gasteiger charge is -2.21. The van der Waals surface area contributed by atoms with Crippen LogP contribution in [0.4, 0.5) is 0 Å². The quantitative estimate of drug-likeness (QED) is 0.848. The molecule has 0 bridgehead atoms. The van der Waals surface area contributed by atoms with Crippen LogP contribution in [0.5, 0.6) is 5.75 Å². The predicted molar refractivity (Wildman–Crippen MR) is 89.0 cm³/mol. The number of hydrogen-bond acceptors (Lipinski definition) is 2. The second-order valence-electron chi connectivity index (χ2n) is 5.58. The second kappa shape index (κ2) is 7.28. The Balaban J connectivity index is 2.36. The summed E-state index contributed by atoms with van der Waals surface area (Å²) in [5, 5.41) is 3.65. The van der Waals surface area contributed by atoms with Gasteiger partial charge in [-0.2, -0.15) is 0 Å². The molecule has 0 aliphatic carbocycles. The largest absolute Gasteiger partial charge is 0.497 e. The van der Waals surface area contributed by atoms with Gasteiger partial charge in [0.2, 0.25) is 0 Å². The molecule has 0 fully saturated rings. The van der Waals surface area contributed by atoms with Gasteiger partial charge in [-0.3, -0.25) is 0 Å². The molecule has 2 aromatic rings. The van der Waals surface area contributed by atoms with E-state index in [1.54, 1.807) is 7.11 Å². The van der Waals surface area contributed by atoms with E-state index in [0.29, 0.717) is 0 Å². The molecule has 0 radical (unpaired) electrons. The lowest BCUT2D eigenvalue weighted by Crippen LogP contribution is -2.23. The number of nitrogens with one attached hydrogen (secondary N) is 1. The van der Waals surface area contributed by atoms with E-state index >= 15 is 0 Å². The highest BCUT2D eigenvalue weighted by atomic mass is 16.5. The molecule has 0 aromatic heterocycles. The molecule has 21 heavy (non-hydrogen) atoms. The summed E-state index contributed by atoms with van der Waals surface area (Å²) in [5.74, 6) is 0.897. The Bertz CT molecular complexity index is 554. The molecule has 1 atom stereocenters. The summed E-state index contributed by atoms with van der Waals surface area (Å²) in [4.78, 5) is 0. The third-order valence-electron chi connectivity index (χ3n) is 3.62. The first kappa shape index (κ1) is 15.6. The van der Waals surface area contributed by atoms with Gasteiger partial charge in [-0.25, -0.2) is 0 Å². The third-order valence-corrected chi connectivity index (χ3v) is 3.62. The monoisotopic (exact) mass is 283 g/mol. The summed E-state index contributed by atoms with van der Waals surface area (Å²) in [6.45, 7) is 7.51. The Morgan fingerprint density at radius 1 is 0.952 bits per heavy atom. The van der Waals surface area contributed by atoms with E-state index in [2.05, 4.69) is 56.4 Å². The molecule has 112 valence electrons. The van der Waals surface area contributed by atoms with Gasteiger partial charge in [-0.1, -0.05) is 48.4 Å². The molecule has 0 saturated carbocycles. The molecule has 0 amide bonds. The topological polar surface area (TPSA) is 21.3 Å². The number of hydrogen-bond donors (Lipinski definition) is 1. The number of ether oxygens (including phenoxy) is 1. The highest BCUT2D eigenvalue weighted by Crippen LogP contribution is 2.25. The maximum absolute atomic E-state index is 5.25. The van der Waals surface area contributed by atoms with Crippen LogP contribution in [-0.2, 0) is 0 Å². The Labute approximate surface area is 128 Å². The van der Waals surface area contributed by atoms with Crippen LogP contribution >= 0.6 is 0 Å². The minimum atomic E-state index is 0.231. The van der Waals surface area contributed by atoms with Crippen molar-refractivity contribution in [3.63, 3.8) is 0 Å². The van der Waals surface area contributed by atoms with Crippen LogP contribution in [-0.4, -0.2) is 13.7 Å². The number of methoxy groups -OCH3 is 1. The van der Waals surface area contributed by atoms with Gasteiger partial charge >= 0.3 is 0 Å². The number of rotatable bonds is 6. The highest BCUT2D eigenvalue weighted by Gasteiger charge is 2.14. The summed E-state index contributed by atoms with van der Waals surface area (Å²) in [5.41, 5.74) is 5.21. The van der Waals surface area contributed by atoms with E-state index < -0.39 is 0 Å². The lowest BCUT2D eigenvalue weighted by atomic mass is 9.95. The Kier molecular flexibility index (Phi) is 5.40. The van der Waals surface area contributed by atoms with E-state index in [9.17, 15) is 0 Å². The van der Waals surface area contributed by atoms with Crippen LogP contribution in [0.1, 0.15) is 41.6 Å². The zero-order valence-corrected chi connectivity index (χ0v) is 13.4. The third kappa shape index (κ3) is 4.08. The van der Waals surface area contributed by atoms with Crippen LogP contribution in [0, 0.1) is 13.8 Å². The molecule has 0 aliphatic rings. The van der Waals surface area contributed by atoms with Crippen molar-refractivity contribution < 1.29 is 4.74 Å². The SMILES string of the molecule is CCCNC(c1ccc(OC)cc1)c1cc(C)cc(C)c1. The van der Waals surface area contributed by atoms with E-state index in [1.807, 2.05) is 12.1 Å². The van der Waals surface area contributed by atoms with Crippen molar-refractivity contribution in [1.82, 2.24) is 5.32 Å². The van der Waals surface area contributed by atoms with Crippen molar-refractivity contribution in [3.8, 4) is 5.75 Å².